The average molecular weight is 380 g/mol. The maximum Gasteiger partial charge on any atom is 0.313 e. The number of ketones is 1. The van der Waals surface area contributed by atoms with E-state index in [1.165, 1.54) is 12.1 Å². The van der Waals surface area contributed by atoms with Crippen molar-refractivity contribution >= 4 is 15.9 Å². The Kier molecular flexibility index (Phi) is 3.74. The van der Waals surface area contributed by atoms with Gasteiger partial charge < -0.3 is 14.7 Å². The summed E-state index contributed by atoms with van der Waals surface area (Å²) in [5.74, 6) is -3.64. The van der Waals surface area contributed by atoms with Crippen LogP contribution in [0.2, 0.25) is 0 Å². The fourth-order valence-corrected chi connectivity index (χ4v) is 3.03. The largest absolute Gasteiger partial charge is 0.460 e. The number of carbonyl (C=O) groups excluding carboxylic acids is 1. The van der Waals surface area contributed by atoms with Gasteiger partial charge in [-0.15, -0.1) is 0 Å². The zero-order valence-corrected chi connectivity index (χ0v) is 14.3. The van der Waals surface area contributed by atoms with Crippen molar-refractivity contribution in [2.75, 3.05) is 0 Å². The van der Waals surface area contributed by atoms with Gasteiger partial charge in [-0.05, 0) is 24.6 Å². The van der Waals surface area contributed by atoms with E-state index in [4.69, 9.17) is 14.6 Å². The quantitative estimate of drug-likeness (QED) is 0.801. The molecule has 0 spiro atoms. The van der Waals surface area contributed by atoms with Crippen molar-refractivity contribution in [1.29, 1.82) is 0 Å². The highest BCUT2D eigenvalue weighted by molar-refractivity contribution is 7.86. The SMILES string of the molecule is [2H]C([2H])(c1ccc(F)cc1)S(=O)(=O)OC1=C(N)O[C@@]([2H])(c2ccc(C)cc2)C1=O. The molecule has 2 N–H and O–H groups in total. The Hall–Kier alpha value is -2.87. The number of carbonyl (C=O) groups is 1. The number of rotatable bonds is 5. The summed E-state index contributed by atoms with van der Waals surface area (Å²) in [7, 11) is -5.13. The summed E-state index contributed by atoms with van der Waals surface area (Å²) in [5.41, 5.74) is 2.97. The summed E-state index contributed by atoms with van der Waals surface area (Å²) < 4.78 is 72.0. The first-order valence-corrected chi connectivity index (χ1v) is 8.80. The highest BCUT2D eigenvalue weighted by Crippen LogP contribution is 2.32. The Morgan fingerprint density at radius 3 is 2.46 bits per heavy atom. The smallest absolute Gasteiger partial charge is 0.313 e. The molecule has 8 heteroatoms. The molecule has 1 atom stereocenters. The maximum atomic E-state index is 13.1. The fourth-order valence-electron chi connectivity index (χ4n) is 2.18. The lowest BCUT2D eigenvalue weighted by Gasteiger charge is -2.10. The van der Waals surface area contributed by atoms with Crippen molar-refractivity contribution < 1.29 is 30.6 Å². The summed E-state index contributed by atoms with van der Waals surface area (Å²) in [4.78, 5) is 12.7. The van der Waals surface area contributed by atoms with Crippen molar-refractivity contribution in [3.63, 3.8) is 0 Å². The Balaban J connectivity index is 1.92. The van der Waals surface area contributed by atoms with E-state index in [1.807, 2.05) is 0 Å². The molecule has 0 fully saturated rings. The molecule has 2 aromatic rings. The second-order valence-corrected chi connectivity index (χ2v) is 6.75. The van der Waals surface area contributed by atoms with Crippen LogP contribution >= 0.6 is 0 Å². The fraction of sp³-hybridized carbons (Fsp3) is 0.167. The van der Waals surface area contributed by atoms with E-state index in [0.29, 0.717) is 0 Å². The molecule has 0 bridgehead atoms. The van der Waals surface area contributed by atoms with E-state index in [1.54, 1.807) is 19.1 Å². The van der Waals surface area contributed by atoms with Crippen LogP contribution < -0.4 is 5.73 Å². The molecule has 0 unspecified atom stereocenters. The molecule has 26 heavy (non-hydrogen) atoms. The number of Topliss-reactive ketones (excluding diaryl/α,β-unsaturated/α-hetero) is 1. The number of ether oxygens (including phenoxy) is 1. The molecule has 0 saturated heterocycles. The van der Waals surface area contributed by atoms with Crippen LogP contribution in [-0.4, -0.2) is 14.2 Å². The highest BCUT2D eigenvalue weighted by atomic mass is 32.2. The Labute approximate surface area is 154 Å². The third kappa shape index (κ3) is 3.85. The first-order valence-electron chi connectivity index (χ1n) is 8.89. The van der Waals surface area contributed by atoms with Gasteiger partial charge in [-0.25, -0.2) is 4.39 Å². The van der Waals surface area contributed by atoms with Gasteiger partial charge in [0.25, 0.3) is 0 Å². The maximum absolute atomic E-state index is 13.1. The highest BCUT2D eigenvalue weighted by Gasteiger charge is 2.39. The number of hydrogen-bond donors (Lipinski definition) is 1. The average Bonchev–Trinajstić information content (AvgIpc) is 2.86. The molecule has 1 heterocycles. The first-order chi connectivity index (χ1) is 13.4. The van der Waals surface area contributed by atoms with Gasteiger partial charge in [0.05, 0.1) is 4.11 Å². The van der Waals surface area contributed by atoms with Gasteiger partial charge in [0.2, 0.25) is 17.4 Å². The van der Waals surface area contributed by atoms with E-state index in [-0.39, 0.29) is 5.56 Å². The third-order valence-corrected chi connectivity index (χ3v) is 4.31. The number of benzene rings is 2. The molecule has 0 aromatic heterocycles. The lowest BCUT2D eigenvalue weighted by molar-refractivity contribution is -0.123. The van der Waals surface area contributed by atoms with Crippen LogP contribution in [0.15, 0.2) is 60.2 Å². The second kappa shape index (κ2) is 6.80. The van der Waals surface area contributed by atoms with Crippen LogP contribution in [0.1, 0.15) is 26.9 Å². The predicted octanol–water partition coefficient (Wildman–Crippen LogP) is 2.45. The number of hydrogen-bond acceptors (Lipinski definition) is 6. The van der Waals surface area contributed by atoms with Gasteiger partial charge in [-0.1, -0.05) is 42.0 Å². The normalized spacial score (nSPS) is 22.4. The molecular weight excluding hydrogens is 361 g/mol. The molecular formula is C18H16FNO5S. The first kappa shape index (κ1) is 14.3. The standard InChI is InChI=1S/C18H16FNO5S/c1-11-2-6-13(7-3-11)16-15(21)17(18(20)24-16)25-26(22,23)10-12-4-8-14(19)9-5-12/h2-9,16H,10,20H2,1H3/t16-/m0/s1/i10D2,16D. The number of aryl methyl sites for hydroxylation is 1. The van der Waals surface area contributed by atoms with E-state index in [0.717, 1.165) is 29.8 Å². The second-order valence-electron chi connectivity index (χ2n) is 5.47. The summed E-state index contributed by atoms with van der Waals surface area (Å²) in [6, 6.07) is 9.77. The Morgan fingerprint density at radius 1 is 1.23 bits per heavy atom. The predicted molar refractivity (Wildman–Crippen MR) is 91.3 cm³/mol. The molecule has 3 rings (SSSR count). The zero-order valence-electron chi connectivity index (χ0n) is 16.5. The molecule has 1 aliphatic heterocycles. The molecule has 2 aromatic carbocycles. The van der Waals surface area contributed by atoms with Gasteiger partial charge >= 0.3 is 10.1 Å². The Morgan fingerprint density at radius 2 is 1.85 bits per heavy atom. The topological polar surface area (TPSA) is 95.7 Å². The van der Waals surface area contributed by atoms with Crippen LogP contribution in [0, 0.1) is 12.7 Å². The molecule has 0 aliphatic carbocycles. The van der Waals surface area contributed by atoms with Crippen LogP contribution in [0.4, 0.5) is 4.39 Å². The van der Waals surface area contributed by atoms with E-state index in [2.05, 4.69) is 4.18 Å². The van der Waals surface area contributed by atoms with Gasteiger partial charge in [-0.2, -0.15) is 8.42 Å². The summed E-state index contributed by atoms with van der Waals surface area (Å²) in [6.07, 6.45) is -2.37. The van der Waals surface area contributed by atoms with Crippen LogP contribution in [-0.2, 0) is 29.5 Å². The van der Waals surface area contributed by atoms with Crippen molar-refractivity contribution in [1.82, 2.24) is 0 Å². The minimum Gasteiger partial charge on any atom is -0.460 e. The van der Waals surface area contributed by atoms with Gasteiger partial charge in [0.1, 0.15) is 11.5 Å². The lowest BCUT2D eigenvalue weighted by atomic mass is 10.0. The Bertz CT molecular complexity index is 1100. The van der Waals surface area contributed by atoms with Gasteiger partial charge in [0.15, 0.2) is 6.08 Å². The number of nitrogens with two attached hydrogens (primary N) is 1. The summed E-state index contributed by atoms with van der Waals surface area (Å²) in [5, 5.41) is 0. The third-order valence-electron chi connectivity index (χ3n) is 3.44. The van der Waals surface area contributed by atoms with Crippen molar-refractivity contribution in [2.45, 2.75) is 18.7 Å². The molecule has 0 radical (unpaired) electrons. The van der Waals surface area contributed by atoms with Gasteiger partial charge in [0, 0.05) is 5.56 Å². The molecule has 1 aliphatic rings. The van der Waals surface area contributed by atoms with Crippen molar-refractivity contribution in [2.24, 2.45) is 5.73 Å². The zero-order chi connectivity index (χ0) is 21.6. The monoisotopic (exact) mass is 380 g/mol. The van der Waals surface area contributed by atoms with Gasteiger partial charge in [-0.3, -0.25) is 4.79 Å². The minimum atomic E-state index is -5.13. The van der Waals surface area contributed by atoms with Crippen molar-refractivity contribution in [3.8, 4) is 0 Å². The summed E-state index contributed by atoms with van der Waals surface area (Å²) in [6.45, 7) is 1.79. The van der Waals surface area contributed by atoms with E-state index in [9.17, 15) is 17.6 Å². The van der Waals surface area contributed by atoms with Crippen molar-refractivity contribution in [3.05, 3.63) is 82.7 Å². The summed E-state index contributed by atoms with van der Waals surface area (Å²) >= 11 is 0. The number of halogens is 1. The molecule has 6 nitrogen and oxygen atoms in total. The van der Waals surface area contributed by atoms with Crippen LogP contribution in [0.5, 0.6) is 0 Å². The molecule has 0 amide bonds. The lowest BCUT2D eigenvalue weighted by Crippen LogP contribution is -2.16. The van der Waals surface area contributed by atoms with Crippen LogP contribution in [0.25, 0.3) is 0 Å². The van der Waals surface area contributed by atoms with E-state index >= 15 is 0 Å². The molecule has 136 valence electrons. The molecule has 0 saturated carbocycles. The van der Waals surface area contributed by atoms with E-state index < -0.39 is 50.7 Å². The van der Waals surface area contributed by atoms with Crippen LogP contribution in [0.3, 0.4) is 0 Å². The minimum absolute atomic E-state index is 0.0913.